The van der Waals surface area contributed by atoms with E-state index in [0.29, 0.717) is 13.3 Å². The first-order valence-corrected chi connectivity index (χ1v) is 9.57. The minimum absolute atomic E-state index is 0. The summed E-state index contributed by atoms with van der Waals surface area (Å²) in [6.07, 6.45) is 7.29. The molecule has 0 N–H and O–H groups in total. The van der Waals surface area contributed by atoms with Gasteiger partial charge in [-0.05, 0) is 0 Å². The van der Waals surface area contributed by atoms with Gasteiger partial charge in [0.1, 0.15) is 0 Å². The molecular weight excluding hydrogens is 423 g/mol. The van der Waals surface area contributed by atoms with Crippen molar-refractivity contribution in [2.24, 2.45) is 0 Å². The van der Waals surface area contributed by atoms with Crippen molar-refractivity contribution in [1.29, 1.82) is 0 Å². The summed E-state index contributed by atoms with van der Waals surface area (Å²) < 4.78 is 0. The molecule has 2 saturated heterocycles. The van der Waals surface area contributed by atoms with Gasteiger partial charge in [-0.1, -0.05) is 93.9 Å². The molecule has 0 spiro atoms. The van der Waals surface area contributed by atoms with E-state index in [2.05, 4.69) is 76.7 Å². The van der Waals surface area contributed by atoms with Crippen LogP contribution in [0.15, 0.2) is 0 Å². The summed E-state index contributed by atoms with van der Waals surface area (Å²) in [4.78, 5) is 0. The quantitative estimate of drug-likeness (QED) is 0.352. The van der Waals surface area contributed by atoms with Gasteiger partial charge in [-0.2, -0.15) is 0 Å². The molecular formula is C20H40Cu2N4. The van der Waals surface area contributed by atoms with Gasteiger partial charge < -0.3 is 21.3 Å². The van der Waals surface area contributed by atoms with Crippen molar-refractivity contribution in [3.63, 3.8) is 0 Å². The summed E-state index contributed by atoms with van der Waals surface area (Å²) in [6.45, 7) is 18.9. The second-order valence-corrected chi connectivity index (χ2v) is 9.87. The molecule has 2 fully saturated rings. The Morgan fingerprint density at radius 1 is 0.423 bits per heavy atom. The predicted octanol–water partition coefficient (Wildman–Crippen LogP) is 6.86. The van der Waals surface area contributed by atoms with Crippen LogP contribution in [0.5, 0.6) is 0 Å². The van der Waals surface area contributed by atoms with Crippen LogP contribution in [0, 0.1) is 0 Å². The van der Waals surface area contributed by atoms with Gasteiger partial charge >= 0.3 is 34.1 Å². The van der Waals surface area contributed by atoms with Gasteiger partial charge in [0.2, 0.25) is 0 Å². The van der Waals surface area contributed by atoms with Crippen LogP contribution in [0.1, 0.15) is 93.9 Å². The fourth-order valence-corrected chi connectivity index (χ4v) is 3.06. The Hall–Kier alpha value is 0.879. The van der Waals surface area contributed by atoms with E-state index in [-0.39, 0.29) is 56.3 Å². The molecule has 2 aliphatic heterocycles. The van der Waals surface area contributed by atoms with E-state index in [4.69, 9.17) is 0 Å². The molecule has 0 aliphatic carbocycles. The first-order valence-electron chi connectivity index (χ1n) is 9.57. The van der Waals surface area contributed by atoms with Gasteiger partial charge in [-0.3, -0.25) is 13.3 Å². The number of nitrogens with zero attached hydrogens (tertiary/aromatic N) is 4. The third kappa shape index (κ3) is 13.1. The van der Waals surface area contributed by atoms with Gasteiger partial charge in [0.25, 0.3) is 0 Å². The second kappa shape index (κ2) is 11.8. The zero-order chi connectivity index (χ0) is 18.5. The first kappa shape index (κ1) is 29.1. The SMILES string of the molecule is CC1(C)CCCC(C)(C)[N-]C[N-]1.CC1(C)CCCC(C)(C)[N-]C[N-]1.[Cu+2].[Cu+2]. The van der Waals surface area contributed by atoms with Crippen LogP contribution in [0.2, 0.25) is 0 Å². The fraction of sp³-hybridized carbons (Fsp3) is 1.00. The molecule has 6 heteroatoms. The third-order valence-electron chi connectivity index (χ3n) is 5.15. The van der Waals surface area contributed by atoms with E-state index < -0.39 is 0 Å². The third-order valence-corrected chi connectivity index (χ3v) is 5.15. The molecule has 162 valence electrons. The molecule has 0 aromatic rings. The number of rotatable bonds is 0. The maximum absolute atomic E-state index is 4.54. The van der Waals surface area contributed by atoms with E-state index in [1.54, 1.807) is 0 Å². The van der Waals surface area contributed by atoms with Gasteiger partial charge in [-0.25, -0.2) is 0 Å². The van der Waals surface area contributed by atoms with Crippen LogP contribution in [0.3, 0.4) is 0 Å². The zero-order valence-corrected chi connectivity index (χ0v) is 19.9. The average molecular weight is 464 g/mol. The van der Waals surface area contributed by atoms with E-state index in [1.165, 1.54) is 38.5 Å². The van der Waals surface area contributed by atoms with Gasteiger partial charge in [-0.15, -0.1) is 22.2 Å². The Bertz CT molecular complexity index is 286. The van der Waals surface area contributed by atoms with Crippen LogP contribution >= 0.6 is 0 Å². The number of hydrogen-bond donors (Lipinski definition) is 0. The van der Waals surface area contributed by atoms with Crippen molar-refractivity contribution in [3.05, 3.63) is 21.3 Å². The summed E-state index contributed by atoms with van der Waals surface area (Å²) in [7, 11) is 0. The summed E-state index contributed by atoms with van der Waals surface area (Å²) in [6, 6.07) is 0. The smallest absolute Gasteiger partial charge is 0.675 e. The molecule has 0 saturated carbocycles. The van der Waals surface area contributed by atoms with Crippen LogP contribution in [-0.4, -0.2) is 35.5 Å². The summed E-state index contributed by atoms with van der Waals surface area (Å²) >= 11 is 0. The van der Waals surface area contributed by atoms with Crippen molar-refractivity contribution < 1.29 is 34.1 Å². The predicted molar refractivity (Wildman–Crippen MR) is 107 cm³/mol. The normalized spacial score (nSPS) is 26.8. The molecule has 2 radical (unpaired) electrons. The van der Waals surface area contributed by atoms with E-state index >= 15 is 0 Å². The van der Waals surface area contributed by atoms with Crippen molar-refractivity contribution in [2.45, 2.75) is 116 Å². The molecule has 0 amide bonds. The van der Waals surface area contributed by atoms with Crippen molar-refractivity contribution >= 4 is 0 Å². The molecule has 0 aromatic carbocycles. The minimum atomic E-state index is 0. The molecule has 26 heavy (non-hydrogen) atoms. The van der Waals surface area contributed by atoms with Crippen LogP contribution in [0.25, 0.3) is 21.3 Å². The molecule has 2 aliphatic rings. The van der Waals surface area contributed by atoms with E-state index in [9.17, 15) is 0 Å². The molecule has 0 aromatic heterocycles. The van der Waals surface area contributed by atoms with Crippen molar-refractivity contribution in [2.75, 3.05) is 13.3 Å². The van der Waals surface area contributed by atoms with Gasteiger partial charge in [0, 0.05) is 0 Å². The molecule has 0 atom stereocenters. The summed E-state index contributed by atoms with van der Waals surface area (Å²) in [5, 5.41) is 18.2. The summed E-state index contributed by atoms with van der Waals surface area (Å²) in [5.74, 6) is 0. The van der Waals surface area contributed by atoms with E-state index in [1.807, 2.05) is 0 Å². The van der Waals surface area contributed by atoms with Crippen molar-refractivity contribution in [3.8, 4) is 0 Å². The summed E-state index contributed by atoms with van der Waals surface area (Å²) in [5.41, 5.74) is 0.611. The Labute approximate surface area is 184 Å². The van der Waals surface area contributed by atoms with Crippen LogP contribution in [0.4, 0.5) is 0 Å². The molecule has 4 nitrogen and oxygen atoms in total. The van der Waals surface area contributed by atoms with Crippen LogP contribution in [-0.2, 0) is 34.1 Å². The van der Waals surface area contributed by atoms with Crippen LogP contribution < -0.4 is 0 Å². The maximum Gasteiger partial charge on any atom is 2.00 e. The zero-order valence-electron chi connectivity index (χ0n) is 18.0. The molecule has 0 unspecified atom stereocenters. The standard InChI is InChI=1S/2C10H20N2.2Cu/c2*1-9(2)6-5-7-10(3,4)12-8-11-9;;/h2*5-8H2,1-4H3;;/q2*-2;2*+2. The second-order valence-electron chi connectivity index (χ2n) is 9.87. The van der Waals surface area contributed by atoms with Gasteiger partial charge in [0.05, 0.1) is 0 Å². The number of hydrogen-bond acceptors (Lipinski definition) is 0. The fourth-order valence-electron chi connectivity index (χ4n) is 3.06. The topological polar surface area (TPSA) is 56.4 Å². The Kier molecular flexibility index (Phi) is 13.2. The monoisotopic (exact) mass is 462 g/mol. The van der Waals surface area contributed by atoms with Gasteiger partial charge in [0.15, 0.2) is 0 Å². The first-order chi connectivity index (χ1) is 10.8. The molecule has 2 rings (SSSR count). The average Bonchev–Trinajstić information content (AvgIpc) is 2.34. The maximum atomic E-state index is 4.54. The Morgan fingerprint density at radius 3 is 0.808 bits per heavy atom. The Morgan fingerprint density at radius 2 is 0.615 bits per heavy atom. The molecule has 0 bridgehead atoms. The van der Waals surface area contributed by atoms with Crippen molar-refractivity contribution in [1.82, 2.24) is 0 Å². The minimum Gasteiger partial charge on any atom is -0.675 e. The van der Waals surface area contributed by atoms with E-state index in [0.717, 1.165) is 0 Å². The Balaban J connectivity index is 0. The largest absolute Gasteiger partial charge is 2.00 e. The molecule has 2 heterocycles.